The van der Waals surface area contributed by atoms with Crippen LogP contribution in [0.4, 0.5) is 0 Å². The monoisotopic (exact) mass is 1140 g/mol. The second kappa shape index (κ2) is 70.8. The molecule has 0 aromatic heterocycles. The smallest absolute Gasteiger partial charge is 0.305 e. The zero-order valence-corrected chi connectivity index (χ0v) is 55.0. The average molecular weight is 1140 g/mol. The largest absolute Gasteiger partial charge is 0.466 e. The second-order valence-corrected chi connectivity index (χ2v) is 25.6. The minimum absolute atomic E-state index is 0.0227. The molecule has 0 aliphatic heterocycles. The lowest BCUT2D eigenvalue weighted by atomic mass is 10.0. The number of rotatable bonds is 70. The van der Waals surface area contributed by atoms with Crippen LogP contribution < -0.4 is 5.32 Å². The summed E-state index contributed by atoms with van der Waals surface area (Å²) in [5, 5.41) is 23.2. The first-order valence-corrected chi connectivity index (χ1v) is 37.1. The van der Waals surface area contributed by atoms with Gasteiger partial charge in [0.1, 0.15) is 0 Å². The summed E-state index contributed by atoms with van der Waals surface area (Å²) < 4.78 is 5.51. The van der Waals surface area contributed by atoms with E-state index in [-0.39, 0.29) is 18.5 Å². The summed E-state index contributed by atoms with van der Waals surface area (Å²) in [6.45, 7) is 4.95. The molecule has 2 unspecified atom stereocenters. The van der Waals surface area contributed by atoms with Crippen LogP contribution in [0.15, 0.2) is 24.3 Å². The molecule has 0 heterocycles. The summed E-state index contributed by atoms with van der Waals surface area (Å²) in [4.78, 5) is 24.6. The highest BCUT2D eigenvalue weighted by atomic mass is 16.5. The second-order valence-electron chi connectivity index (χ2n) is 25.6. The standard InChI is InChI=1S/C75H145NO5/c1-3-5-7-9-11-13-15-17-19-41-45-49-53-57-61-65-69-75(80)81-70-66-62-58-54-50-46-42-38-36-34-32-30-28-26-24-22-20-21-23-25-27-29-31-33-35-37-40-44-48-52-56-60-64-68-74(79)76-72(71-77)73(78)67-63-59-55-51-47-43-39-18-16-14-12-10-8-6-4-2/h24,26,63,67,72-73,77-78H,3-23,25,27-62,64-66,68-71H2,1-2H3,(H,76,79)/b26-24-,67-63+. The van der Waals surface area contributed by atoms with Crippen molar-refractivity contribution in [3.63, 3.8) is 0 Å². The summed E-state index contributed by atoms with van der Waals surface area (Å²) in [5.74, 6) is -0.0395. The lowest BCUT2D eigenvalue weighted by molar-refractivity contribution is -0.143. The third-order valence-electron chi connectivity index (χ3n) is 17.5. The minimum Gasteiger partial charge on any atom is -0.466 e. The van der Waals surface area contributed by atoms with Crippen LogP contribution >= 0.6 is 0 Å². The van der Waals surface area contributed by atoms with Gasteiger partial charge in [-0.3, -0.25) is 9.59 Å². The van der Waals surface area contributed by atoms with Crippen LogP contribution in [0.5, 0.6) is 0 Å². The van der Waals surface area contributed by atoms with Crippen LogP contribution in [0, 0.1) is 0 Å². The molecule has 0 bridgehead atoms. The SMILES string of the molecule is CCCCCCCCCCCCCCC/C=C/C(O)C(CO)NC(=O)CCCCCCCCCCCCCCCCCCC/C=C\CCCCCCCCCCCCCCOC(=O)CCCCCCCCCCCCCCCCCC. The number of carbonyl (C=O) groups excluding carboxylic acids is 2. The normalized spacial score (nSPS) is 12.6. The molecule has 81 heavy (non-hydrogen) atoms. The summed E-state index contributed by atoms with van der Waals surface area (Å²) in [7, 11) is 0. The lowest BCUT2D eigenvalue weighted by Gasteiger charge is -2.20. The Morgan fingerprint density at radius 1 is 0.333 bits per heavy atom. The van der Waals surface area contributed by atoms with E-state index in [2.05, 4.69) is 31.3 Å². The maximum absolute atomic E-state index is 12.5. The number of aliphatic hydroxyl groups is 2. The van der Waals surface area contributed by atoms with E-state index in [0.717, 1.165) is 38.5 Å². The van der Waals surface area contributed by atoms with E-state index < -0.39 is 12.1 Å². The van der Waals surface area contributed by atoms with Gasteiger partial charge in [0.05, 0.1) is 25.4 Å². The van der Waals surface area contributed by atoms with Crippen LogP contribution in [-0.4, -0.2) is 47.4 Å². The van der Waals surface area contributed by atoms with Crippen molar-refractivity contribution in [2.24, 2.45) is 0 Å². The number of hydrogen-bond acceptors (Lipinski definition) is 5. The molecule has 0 aliphatic carbocycles. The zero-order valence-electron chi connectivity index (χ0n) is 55.0. The third kappa shape index (κ3) is 67.3. The van der Waals surface area contributed by atoms with Gasteiger partial charge in [0.25, 0.3) is 0 Å². The van der Waals surface area contributed by atoms with E-state index in [4.69, 9.17) is 4.74 Å². The first-order chi connectivity index (χ1) is 40.0. The molecule has 0 fully saturated rings. The van der Waals surface area contributed by atoms with Crippen molar-refractivity contribution in [1.29, 1.82) is 0 Å². The van der Waals surface area contributed by atoms with Gasteiger partial charge in [0, 0.05) is 12.8 Å². The number of esters is 1. The summed E-state index contributed by atoms with van der Waals surface area (Å²) in [6.07, 6.45) is 90.0. The molecule has 0 aliphatic rings. The molecular formula is C75H145NO5. The summed E-state index contributed by atoms with van der Waals surface area (Å²) in [5.41, 5.74) is 0. The quantitative estimate of drug-likeness (QED) is 0.0320. The lowest BCUT2D eigenvalue weighted by Crippen LogP contribution is -2.45. The molecule has 0 saturated heterocycles. The van der Waals surface area contributed by atoms with E-state index >= 15 is 0 Å². The Morgan fingerprint density at radius 3 is 0.877 bits per heavy atom. The van der Waals surface area contributed by atoms with Crippen LogP contribution in [-0.2, 0) is 14.3 Å². The fourth-order valence-electron chi connectivity index (χ4n) is 11.8. The molecule has 3 N–H and O–H groups in total. The Labute approximate surface area is 507 Å². The van der Waals surface area contributed by atoms with E-state index in [1.807, 2.05) is 6.08 Å². The molecular weight excluding hydrogens is 995 g/mol. The van der Waals surface area contributed by atoms with Crippen molar-refractivity contribution in [1.82, 2.24) is 5.32 Å². The fraction of sp³-hybridized carbons (Fsp3) is 0.920. The topological polar surface area (TPSA) is 95.9 Å². The van der Waals surface area contributed by atoms with Gasteiger partial charge in [0.2, 0.25) is 5.91 Å². The molecule has 480 valence electrons. The van der Waals surface area contributed by atoms with Crippen LogP contribution in [0.2, 0.25) is 0 Å². The van der Waals surface area contributed by atoms with Crippen molar-refractivity contribution in [2.75, 3.05) is 13.2 Å². The Morgan fingerprint density at radius 2 is 0.580 bits per heavy atom. The number of hydrogen-bond donors (Lipinski definition) is 3. The average Bonchev–Trinajstić information content (AvgIpc) is 3.47. The van der Waals surface area contributed by atoms with Crippen molar-refractivity contribution < 1.29 is 24.5 Å². The number of unbranched alkanes of at least 4 members (excludes halogenated alkanes) is 57. The van der Waals surface area contributed by atoms with E-state index in [1.54, 1.807) is 6.08 Å². The fourth-order valence-corrected chi connectivity index (χ4v) is 11.8. The molecule has 0 spiro atoms. The number of carbonyl (C=O) groups is 2. The summed E-state index contributed by atoms with van der Waals surface area (Å²) >= 11 is 0. The predicted octanol–water partition coefficient (Wildman–Crippen LogP) is 24.1. The maximum atomic E-state index is 12.5. The van der Waals surface area contributed by atoms with Crippen molar-refractivity contribution >= 4 is 11.9 Å². The van der Waals surface area contributed by atoms with Crippen LogP contribution in [0.1, 0.15) is 418 Å². The first-order valence-electron chi connectivity index (χ1n) is 37.1. The van der Waals surface area contributed by atoms with Gasteiger partial charge in [-0.25, -0.2) is 0 Å². The molecule has 0 saturated carbocycles. The molecule has 0 radical (unpaired) electrons. The Hall–Kier alpha value is -1.66. The first kappa shape index (κ1) is 79.3. The Bertz CT molecular complexity index is 1270. The highest BCUT2D eigenvalue weighted by molar-refractivity contribution is 5.76. The maximum Gasteiger partial charge on any atom is 0.305 e. The molecule has 0 rings (SSSR count). The molecule has 1 amide bonds. The minimum atomic E-state index is -0.842. The van der Waals surface area contributed by atoms with Gasteiger partial charge >= 0.3 is 5.97 Å². The van der Waals surface area contributed by atoms with Gasteiger partial charge in [-0.15, -0.1) is 0 Å². The van der Waals surface area contributed by atoms with Gasteiger partial charge in [-0.05, 0) is 57.8 Å². The van der Waals surface area contributed by atoms with Gasteiger partial charge < -0.3 is 20.3 Å². The summed E-state index contributed by atoms with van der Waals surface area (Å²) in [6, 6.07) is -0.625. The number of aliphatic hydroxyl groups excluding tert-OH is 2. The molecule has 2 atom stereocenters. The molecule has 0 aromatic rings. The van der Waals surface area contributed by atoms with Gasteiger partial charge in [0.15, 0.2) is 0 Å². The van der Waals surface area contributed by atoms with Gasteiger partial charge in [-0.1, -0.05) is 372 Å². The van der Waals surface area contributed by atoms with Gasteiger partial charge in [-0.2, -0.15) is 0 Å². The zero-order chi connectivity index (χ0) is 58.5. The number of allylic oxidation sites excluding steroid dienone is 3. The van der Waals surface area contributed by atoms with Crippen LogP contribution in [0.25, 0.3) is 0 Å². The Kier molecular flexibility index (Phi) is 69.4. The molecule has 6 nitrogen and oxygen atoms in total. The number of amides is 1. The van der Waals surface area contributed by atoms with E-state index in [1.165, 1.54) is 353 Å². The highest BCUT2D eigenvalue weighted by Gasteiger charge is 2.18. The van der Waals surface area contributed by atoms with Crippen molar-refractivity contribution in [3.05, 3.63) is 24.3 Å². The third-order valence-corrected chi connectivity index (χ3v) is 17.5. The number of nitrogens with one attached hydrogen (secondary N) is 1. The van der Waals surface area contributed by atoms with E-state index in [9.17, 15) is 19.8 Å². The molecule has 0 aromatic carbocycles. The van der Waals surface area contributed by atoms with Crippen molar-refractivity contribution in [3.8, 4) is 0 Å². The highest BCUT2D eigenvalue weighted by Crippen LogP contribution is 2.19. The molecule has 6 heteroatoms. The number of ether oxygens (including phenoxy) is 1. The van der Waals surface area contributed by atoms with Crippen molar-refractivity contribution in [2.45, 2.75) is 431 Å². The van der Waals surface area contributed by atoms with E-state index in [0.29, 0.717) is 19.4 Å². The predicted molar refractivity (Wildman–Crippen MR) is 356 cm³/mol. The Balaban J connectivity index is 3.34. The van der Waals surface area contributed by atoms with Crippen LogP contribution in [0.3, 0.4) is 0 Å².